The van der Waals surface area contributed by atoms with Crippen molar-refractivity contribution in [3.05, 3.63) is 57.1 Å². The fraction of sp³-hybridized carbons (Fsp3) is 0.450. The van der Waals surface area contributed by atoms with Crippen molar-refractivity contribution < 1.29 is 17.6 Å². The third-order valence-corrected chi connectivity index (χ3v) is 5.74. The van der Waals surface area contributed by atoms with Crippen molar-refractivity contribution in [1.29, 1.82) is 0 Å². The highest BCUT2D eigenvalue weighted by Crippen LogP contribution is 2.19. The first-order chi connectivity index (χ1) is 12.9. The van der Waals surface area contributed by atoms with Crippen molar-refractivity contribution in [3.8, 4) is 0 Å². The van der Waals surface area contributed by atoms with Crippen LogP contribution in [0.25, 0.3) is 0 Å². The first-order valence-corrected chi connectivity index (χ1v) is 10.7. The summed E-state index contributed by atoms with van der Waals surface area (Å²) < 4.78 is 40.7. The third-order valence-electron chi connectivity index (χ3n) is 3.96. The van der Waals surface area contributed by atoms with Gasteiger partial charge in [-0.3, -0.25) is 4.79 Å². The molecule has 2 N–H and O–H groups in total. The van der Waals surface area contributed by atoms with E-state index in [0.29, 0.717) is 17.0 Å². The maximum Gasteiger partial charge on any atom is 0.242 e. The van der Waals surface area contributed by atoms with E-state index < -0.39 is 15.7 Å². The van der Waals surface area contributed by atoms with Gasteiger partial charge in [-0.1, -0.05) is 23.7 Å². The van der Waals surface area contributed by atoms with Gasteiger partial charge in [0.2, 0.25) is 10.0 Å². The summed E-state index contributed by atoms with van der Waals surface area (Å²) in [7, 11) is -2.42. The molecule has 0 aliphatic carbocycles. The normalized spacial score (nSPS) is 13.5. The number of hydrogen-bond acceptors (Lipinski definition) is 4. The van der Waals surface area contributed by atoms with E-state index in [-0.39, 0.29) is 23.7 Å². The summed E-state index contributed by atoms with van der Waals surface area (Å²) in [6.45, 7) is 5.64. The number of Topliss-reactive ketones (excluding diaryl/α,β-unsaturated/α-hetero) is 1. The van der Waals surface area contributed by atoms with Gasteiger partial charge in [-0.15, -0.1) is 0 Å². The minimum Gasteiger partial charge on any atom is -0.393 e. The Morgan fingerprint density at radius 3 is 2.50 bits per heavy atom. The Balaban J connectivity index is 2.89. The van der Waals surface area contributed by atoms with Crippen molar-refractivity contribution in [1.82, 2.24) is 10.0 Å². The predicted octanol–water partition coefficient (Wildman–Crippen LogP) is 3.82. The molecule has 0 spiro atoms. The molecule has 1 aromatic rings. The summed E-state index contributed by atoms with van der Waals surface area (Å²) in [5.41, 5.74) is 0.498. The van der Waals surface area contributed by atoms with Crippen LogP contribution in [0.1, 0.15) is 38.3 Å². The summed E-state index contributed by atoms with van der Waals surface area (Å²) in [6, 6.07) is 5.62. The molecule has 1 rings (SSSR count). The molecule has 0 aliphatic rings. The SMILES string of the molecule is CN/C=C(\C=C(/C)C(=O)CCc1ccc(C)c(Cl)c1)S(=O)(=O)NCC(C)(C)F. The number of nitrogens with one attached hydrogen (secondary N) is 2. The fourth-order valence-electron chi connectivity index (χ4n) is 2.23. The Morgan fingerprint density at radius 1 is 1.32 bits per heavy atom. The van der Waals surface area contributed by atoms with Crippen molar-refractivity contribution in [2.45, 2.75) is 46.2 Å². The van der Waals surface area contributed by atoms with E-state index in [1.165, 1.54) is 26.1 Å². The number of rotatable bonds is 10. The van der Waals surface area contributed by atoms with Gasteiger partial charge < -0.3 is 5.32 Å². The molecular weight excluding hydrogens is 403 g/mol. The molecule has 0 radical (unpaired) electrons. The highest BCUT2D eigenvalue weighted by atomic mass is 35.5. The zero-order chi connectivity index (χ0) is 21.5. The van der Waals surface area contributed by atoms with Gasteiger partial charge in [0.1, 0.15) is 5.67 Å². The lowest BCUT2D eigenvalue weighted by molar-refractivity contribution is -0.115. The number of aryl methyl sites for hydroxylation is 2. The van der Waals surface area contributed by atoms with Gasteiger partial charge in [0, 0.05) is 31.2 Å². The zero-order valence-corrected chi connectivity index (χ0v) is 18.5. The topological polar surface area (TPSA) is 75.3 Å². The van der Waals surface area contributed by atoms with E-state index >= 15 is 0 Å². The first kappa shape index (κ1) is 24.3. The number of benzene rings is 1. The fourth-order valence-corrected chi connectivity index (χ4v) is 3.74. The van der Waals surface area contributed by atoms with Crippen LogP contribution >= 0.6 is 11.6 Å². The maximum atomic E-state index is 13.6. The van der Waals surface area contributed by atoms with Crippen LogP contribution in [0, 0.1) is 6.92 Å². The molecule has 156 valence electrons. The van der Waals surface area contributed by atoms with Crippen LogP contribution in [0.2, 0.25) is 5.02 Å². The molecule has 5 nitrogen and oxygen atoms in total. The molecule has 1 aromatic carbocycles. The van der Waals surface area contributed by atoms with Crippen LogP contribution in [0.4, 0.5) is 4.39 Å². The summed E-state index contributed by atoms with van der Waals surface area (Å²) in [6.07, 6.45) is 3.26. The van der Waals surface area contributed by atoms with Crippen LogP contribution in [-0.4, -0.2) is 33.5 Å². The van der Waals surface area contributed by atoms with Crippen molar-refractivity contribution in [2.24, 2.45) is 0 Å². The smallest absolute Gasteiger partial charge is 0.242 e. The van der Waals surface area contributed by atoms with Crippen LogP contribution in [0.5, 0.6) is 0 Å². The van der Waals surface area contributed by atoms with E-state index in [9.17, 15) is 17.6 Å². The highest BCUT2D eigenvalue weighted by molar-refractivity contribution is 7.93. The molecule has 8 heteroatoms. The number of sulfonamides is 1. The largest absolute Gasteiger partial charge is 0.393 e. The molecule has 0 bridgehead atoms. The van der Waals surface area contributed by atoms with Gasteiger partial charge in [0.15, 0.2) is 5.78 Å². The number of carbonyl (C=O) groups is 1. The van der Waals surface area contributed by atoms with Crippen LogP contribution in [-0.2, 0) is 21.2 Å². The van der Waals surface area contributed by atoms with E-state index in [0.717, 1.165) is 11.1 Å². The van der Waals surface area contributed by atoms with Crippen LogP contribution < -0.4 is 10.0 Å². The molecular formula is C20H28ClFN2O3S. The van der Waals surface area contributed by atoms with Gasteiger partial charge in [-0.25, -0.2) is 17.5 Å². The third kappa shape index (κ3) is 8.12. The molecule has 0 heterocycles. The molecule has 0 atom stereocenters. The Morgan fingerprint density at radius 2 is 1.96 bits per heavy atom. The first-order valence-electron chi connectivity index (χ1n) is 8.88. The molecule has 0 saturated carbocycles. The quantitative estimate of drug-likeness (QED) is 0.437. The molecule has 0 unspecified atom stereocenters. The Labute approximate surface area is 172 Å². The molecule has 0 amide bonds. The highest BCUT2D eigenvalue weighted by Gasteiger charge is 2.22. The Hall–Kier alpha value is -1.70. The summed E-state index contributed by atoms with van der Waals surface area (Å²) in [4.78, 5) is 12.3. The minimum absolute atomic E-state index is 0.136. The summed E-state index contributed by atoms with van der Waals surface area (Å²) in [5.74, 6) is -0.181. The van der Waals surface area contributed by atoms with Crippen LogP contribution in [0.3, 0.4) is 0 Å². The number of ketones is 1. The average molecular weight is 431 g/mol. The molecule has 0 saturated heterocycles. The Bertz CT molecular complexity index is 872. The van der Waals surface area contributed by atoms with Gasteiger partial charge in [0.25, 0.3) is 0 Å². The lowest BCUT2D eigenvalue weighted by Gasteiger charge is -2.15. The lowest BCUT2D eigenvalue weighted by Crippen LogP contribution is -2.36. The van der Waals surface area contributed by atoms with E-state index in [1.54, 1.807) is 14.0 Å². The monoisotopic (exact) mass is 430 g/mol. The number of allylic oxidation sites excluding steroid dienone is 2. The van der Waals surface area contributed by atoms with Gasteiger partial charge in [-0.2, -0.15) is 0 Å². The number of alkyl halides is 1. The van der Waals surface area contributed by atoms with Crippen molar-refractivity contribution >= 4 is 27.4 Å². The maximum absolute atomic E-state index is 13.6. The standard InChI is InChI=1S/C20H28ClFN2O3S/c1-14-6-7-16(11-18(14)21)8-9-19(25)15(2)10-17(12-23-5)28(26,27)24-13-20(3,4)22/h6-7,10-12,23-24H,8-9,13H2,1-5H3/b15-10+,17-12+. The molecule has 0 aromatic heterocycles. The summed E-state index contributed by atoms with van der Waals surface area (Å²) >= 11 is 6.10. The van der Waals surface area contributed by atoms with Gasteiger partial charge >= 0.3 is 0 Å². The second-order valence-electron chi connectivity index (χ2n) is 7.21. The Kier molecular flexibility index (Phi) is 8.85. The van der Waals surface area contributed by atoms with Gasteiger partial charge in [-0.05, 0) is 63.0 Å². The number of halogens is 2. The number of carbonyl (C=O) groups excluding carboxylic acids is 1. The zero-order valence-electron chi connectivity index (χ0n) is 16.9. The average Bonchev–Trinajstić information content (AvgIpc) is 2.59. The predicted molar refractivity (Wildman–Crippen MR) is 113 cm³/mol. The second-order valence-corrected chi connectivity index (χ2v) is 9.39. The lowest BCUT2D eigenvalue weighted by atomic mass is 10.0. The van der Waals surface area contributed by atoms with E-state index in [2.05, 4.69) is 10.0 Å². The number of hydrogen-bond donors (Lipinski definition) is 2. The van der Waals surface area contributed by atoms with Crippen molar-refractivity contribution in [2.75, 3.05) is 13.6 Å². The molecule has 0 aliphatic heterocycles. The van der Waals surface area contributed by atoms with E-state index in [4.69, 9.17) is 11.6 Å². The molecule has 0 fully saturated rings. The van der Waals surface area contributed by atoms with Crippen LogP contribution in [0.15, 0.2) is 41.0 Å². The molecule has 28 heavy (non-hydrogen) atoms. The minimum atomic E-state index is -3.96. The summed E-state index contributed by atoms with van der Waals surface area (Å²) in [5, 5.41) is 3.28. The van der Waals surface area contributed by atoms with E-state index in [1.807, 2.05) is 25.1 Å². The van der Waals surface area contributed by atoms with Gasteiger partial charge in [0.05, 0.1) is 4.91 Å². The second kappa shape index (κ2) is 10.2. The van der Waals surface area contributed by atoms with Crippen molar-refractivity contribution in [3.63, 3.8) is 0 Å².